The molecule has 0 bridgehead atoms. The van der Waals surface area contributed by atoms with Crippen LogP contribution in [0.4, 0.5) is 16.2 Å². The first kappa shape index (κ1) is 16.9. The van der Waals surface area contributed by atoms with Gasteiger partial charge in [-0.25, -0.2) is 4.79 Å². The van der Waals surface area contributed by atoms with E-state index >= 15 is 0 Å². The summed E-state index contributed by atoms with van der Waals surface area (Å²) in [5.41, 5.74) is 14.3. The molecule has 0 spiro atoms. The molecule has 0 aliphatic rings. The second-order valence-corrected chi connectivity index (χ2v) is 5.96. The molecule has 21 heavy (non-hydrogen) atoms. The van der Waals surface area contributed by atoms with Crippen molar-refractivity contribution in [3.8, 4) is 0 Å². The predicted octanol–water partition coefficient (Wildman–Crippen LogP) is 3.09. The molecule has 116 valence electrons. The van der Waals surface area contributed by atoms with Crippen LogP contribution in [0.1, 0.15) is 38.3 Å². The third-order valence-corrected chi connectivity index (χ3v) is 2.75. The number of rotatable bonds is 4. The van der Waals surface area contributed by atoms with Crippen molar-refractivity contribution in [1.29, 1.82) is 0 Å². The van der Waals surface area contributed by atoms with Gasteiger partial charge in [-0.15, -0.1) is 0 Å². The van der Waals surface area contributed by atoms with E-state index < -0.39 is 11.7 Å². The van der Waals surface area contributed by atoms with E-state index in [2.05, 4.69) is 5.32 Å². The van der Waals surface area contributed by atoms with Crippen LogP contribution in [-0.2, 0) is 4.74 Å². The van der Waals surface area contributed by atoms with Crippen LogP contribution in [-0.4, -0.2) is 18.2 Å². The molecule has 1 rings (SSSR count). The molecule has 1 aromatic carbocycles. The molecule has 0 aliphatic heterocycles. The number of amides is 1. The molecule has 0 aromatic heterocycles. The van der Waals surface area contributed by atoms with Gasteiger partial charge < -0.3 is 21.5 Å². The van der Waals surface area contributed by atoms with Crippen molar-refractivity contribution in [3.05, 3.63) is 29.3 Å². The highest BCUT2D eigenvalue weighted by atomic mass is 16.6. The number of nitrogens with two attached hydrogens (primary N) is 2. The van der Waals surface area contributed by atoms with Gasteiger partial charge in [0.15, 0.2) is 0 Å². The summed E-state index contributed by atoms with van der Waals surface area (Å²) < 4.78 is 5.15. The Labute approximate surface area is 126 Å². The molecule has 1 amide bonds. The third-order valence-electron chi connectivity index (χ3n) is 2.75. The van der Waals surface area contributed by atoms with E-state index in [-0.39, 0.29) is 0 Å². The summed E-state index contributed by atoms with van der Waals surface area (Å²) in [7, 11) is 0. The largest absolute Gasteiger partial charge is 0.444 e. The molecule has 0 radical (unpaired) electrons. The fourth-order valence-corrected chi connectivity index (χ4v) is 1.73. The quantitative estimate of drug-likeness (QED) is 0.587. The van der Waals surface area contributed by atoms with Crippen LogP contribution >= 0.6 is 0 Å². The number of alkyl carbamates (subject to hydrolysis) is 1. The van der Waals surface area contributed by atoms with E-state index in [0.29, 0.717) is 24.3 Å². The summed E-state index contributed by atoms with van der Waals surface area (Å²) in [6.45, 7) is 8.01. The normalized spacial score (nSPS) is 11.6. The Morgan fingerprint density at radius 3 is 2.52 bits per heavy atom. The maximum absolute atomic E-state index is 11.4. The van der Waals surface area contributed by atoms with Crippen LogP contribution in [0.15, 0.2) is 18.2 Å². The molecule has 1 aromatic rings. The van der Waals surface area contributed by atoms with Gasteiger partial charge in [0, 0.05) is 6.54 Å². The number of carbonyl (C=O) groups excluding carboxylic acids is 1. The lowest BCUT2D eigenvalue weighted by atomic mass is 10.1. The molecule has 0 fully saturated rings. The first-order chi connectivity index (χ1) is 9.69. The van der Waals surface area contributed by atoms with E-state index in [1.807, 2.05) is 52.0 Å². The summed E-state index contributed by atoms with van der Waals surface area (Å²) in [5.74, 6) is 0. The highest BCUT2D eigenvalue weighted by Gasteiger charge is 2.15. The minimum absolute atomic E-state index is 0.399. The summed E-state index contributed by atoms with van der Waals surface area (Å²) >= 11 is 0. The average molecular weight is 291 g/mol. The fraction of sp³-hybridized carbons (Fsp3) is 0.438. The van der Waals surface area contributed by atoms with Crippen LogP contribution in [0.25, 0.3) is 6.08 Å². The van der Waals surface area contributed by atoms with Crippen molar-refractivity contribution in [2.45, 2.75) is 39.7 Å². The molecule has 0 aliphatic carbocycles. The summed E-state index contributed by atoms with van der Waals surface area (Å²) in [4.78, 5) is 11.4. The van der Waals surface area contributed by atoms with Crippen molar-refractivity contribution >= 4 is 23.5 Å². The van der Waals surface area contributed by atoms with Crippen LogP contribution in [0.5, 0.6) is 0 Å². The van der Waals surface area contributed by atoms with Gasteiger partial charge in [0.1, 0.15) is 5.60 Å². The SMILES string of the molecule is Cc1cc(N)c(N)cc1C=CCCNC(=O)OC(C)(C)C. The van der Waals surface area contributed by atoms with Gasteiger partial charge in [-0.05, 0) is 57.4 Å². The molecule has 0 atom stereocenters. The van der Waals surface area contributed by atoms with Crippen molar-refractivity contribution in [2.24, 2.45) is 0 Å². The van der Waals surface area contributed by atoms with Crippen LogP contribution in [0.3, 0.4) is 0 Å². The van der Waals surface area contributed by atoms with Gasteiger partial charge in [0.2, 0.25) is 0 Å². The molecule has 0 saturated carbocycles. The topological polar surface area (TPSA) is 90.4 Å². The van der Waals surface area contributed by atoms with Crippen LogP contribution < -0.4 is 16.8 Å². The van der Waals surface area contributed by atoms with E-state index in [1.165, 1.54) is 0 Å². The van der Waals surface area contributed by atoms with E-state index in [1.54, 1.807) is 0 Å². The summed E-state index contributed by atoms with van der Waals surface area (Å²) in [6, 6.07) is 3.70. The van der Waals surface area contributed by atoms with Gasteiger partial charge in [-0.1, -0.05) is 12.2 Å². The number of anilines is 2. The number of aryl methyl sites for hydroxylation is 1. The number of carbonyl (C=O) groups is 1. The van der Waals surface area contributed by atoms with E-state index in [9.17, 15) is 4.79 Å². The highest BCUT2D eigenvalue weighted by Crippen LogP contribution is 2.21. The Bertz CT molecular complexity index is 531. The molecular weight excluding hydrogens is 266 g/mol. The minimum Gasteiger partial charge on any atom is -0.444 e. The fourth-order valence-electron chi connectivity index (χ4n) is 1.73. The van der Waals surface area contributed by atoms with Gasteiger partial charge in [0.05, 0.1) is 11.4 Å². The van der Waals surface area contributed by atoms with Gasteiger partial charge >= 0.3 is 6.09 Å². The Balaban J connectivity index is 2.43. The predicted molar refractivity (Wildman–Crippen MR) is 87.9 cm³/mol. The molecule has 0 unspecified atom stereocenters. The van der Waals surface area contributed by atoms with Crippen LogP contribution in [0.2, 0.25) is 0 Å². The number of benzene rings is 1. The summed E-state index contributed by atoms with van der Waals surface area (Å²) in [6.07, 6.45) is 4.27. The monoisotopic (exact) mass is 291 g/mol. The lowest BCUT2D eigenvalue weighted by Crippen LogP contribution is -2.32. The first-order valence-electron chi connectivity index (χ1n) is 6.98. The van der Waals surface area contributed by atoms with Crippen LogP contribution in [0, 0.1) is 6.92 Å². The van der Waals surface area contributed by atoms with Crippen molar-refractivity contribution in [2.75, 3.05) is 18.0 Å². The molecule has 5 nitrogen and oxygen atoms in total. The van der Waals surface area contributed by atoms with Gasteiger partial charge in [0.25, 0.3) is 0 Å². The van der Waals surface area contributed by atoms with E-state index in [4.69, 9.17) is 16.2 Å². The highest BCUT2D eigenvalue weighted by molar-refractivity contribution is 5.71. The Hall–Kier alpha value is -2.17. The minimum atomic E-state index is -0.474. The number of ether oxygens (including phenoxy) is 1. The molecule has 0 saturated heterocycles. The Morgan fingerprint density at radius 2 is 1.90 bits per heavy atom. The standard InChI is InChI=1S/C16H25N3O2/c1-11-9-13(17)14(18)10-12(11)7-5-6-8-19-15(20)21-16(2,3)4/h5,7,9-10H,6,8,17-18H2,1-4H3,(H,19,20). The molecule has 5 heteroatoms. The number of hydrogen-bond acceptors (Lipinski definition) is 4. The zero-order valence-corrected chi connectivity index (χ0v) is 13.2. The lowest BCUT2D eigenvalue weighted by Gasteiger charge is -2.19. The molecule has 0 heterocycles. The number of hydrogen-bond donors (Lipinski definition) is 3. The smallest absolute Gasteiger partial charge is 0.407 e. The second-order valence-electron chi connectivity index (χ2n) is 5.96. The van der Waals surface area contributed by atoms with Crippen molar-refractivity contribution in [1.82, 2.24) is 5.32 Å². The van der Waals surface area contributed by atoms with E-state index in [0.717, 1.165) is 11.1 Å². The van der Waals surface area contributed by atoms with Crippen molar-refractivity contribution < 1.29 is 9.53 Å². The summed E-state index contributed by atoms with van der Waals surface area (Å²) in [5, 5.41) is 2.70. The molecule has 5 N–H and O–H groups in total. The zero-order valence-electron chi connectivity index (χ0n) is 13.2. The average Bonchev–Trinajstić information content (AvgIpc) is 2.32. The van der Waals surface area contributed by atoms with Gasteiger partial charge in [-0.3, -0.25) is 0 Å². The lowest BCUT2D eigenvalue weighted by molar-refractivity contribution is 0.0529. The van der Waals surface area contributed by atoms with Gasteiger partial charge in [-0.2, -0.15) is 0 Å². The maximum atomic E-state index is 11.4. The Kier molecular flexibility index (Phi) is 5.64. The number of nitrogens with one attached hydrogen (secondary N) is 1. The third kappa shape index (κ3) is 6.21. The zero-order chi connectivity index (χ0) is 16.0. The number of nitrogen functional groups attached to an aromatic ring is 2. The van der Waals surface area contributed by atoms with Crippen molar-refractivity contribution in [3.63, 3.8) is 0 Å². The maximum Gasteiger partial charge on any atom is 0.407 e. The first-order valence-corrected chi connectivity index (χ1v) is 6.98. The molecular formula is C16H25N3O2. The second kappa shape index (κ2) is 7.02. The Morgan fingerprint density at radius 1 is 1.29 bits per heavy atom.